The molecule has 18 heavy (non-hydrogen) atoms. The van der Waals surface area contributed by atoms with Gasteiger partial charge < -0.3 is 5.32 Å². The summed E-state index contributed by atoms with van der Waals surface area (Å²) in [5.41, 5.74) is 0.237. The molecule has 11 heteroatoms. The van der Waals surface area contributed by atoms with E-state index in [1.165, 1.54) is 6.07 Å². The zero-order valence-corrected chi connectivity index (χ0v) is 10.7. The second-order valence-corrected chi connectivity index (χ2v) is 7.00. The standard InChI is InChI=1S/C7H8ClN3O4S2.Ca.2H/c8-4-1-5-7(2-6(4)16(9,12)13)17(14,15)11-3-10-5;;;/h1-2,10-11H,3H2,(H2,9,12,13);;;. The van der Waals surface area contributed by atoms with Gasteiger partial charge in [-0.1, -0.05) is 11.6 Å². The second-order valence-electron chi connectivity index (χ2n) is 3.33. The van der Waals surface area contributed by atoms with Crippen LogP contribution in [-0.2, 0) is 20.0 Å². The Morgan fingerprint density at radius 1 is 1.33 bits per heavy atom. The van der Waals surface area contributed by atoms with Crippen LogP contribution in [0.5, 0.6) is 0 Å². The van der Waals surface area contributed by atoms with Crippen LogP contribution in [0.25, 0.3) is 0 Å². The van der Waals surface area contributed by atoms with Gasteiger partial charge in [-0.3, -0.25) is 0 Å². The first-order valence-electron chi connectivity index (χ1n) is 4.32. The van der Waals surface area contributed by atoms with Gasteiger partial charge in [0.1, 0.15) is 9.79 Å². The molecule has 0 aliphatic carbocycles. The summed E-state index contributed by atoms with van der Waals surface area (Å²) < 4.78 is 47.9. The molecule has 7 nitrogen and oxygen atoms in total. The Hall–Kier alpha value is 0.390. The molecule has 0 atom stereocenters. The third kappa shape index (κ3) is 3.10. The van der Waals surface area contributed by atoms with E-state index in [-0.39, 0.29) is 60.0 Å². The van der Waals surface area contributed by atoms with Gasteiger partial charge in [-0.05, 0) is 12.1 Å². The fraction of sp³-hybridized carbons (Fsp3) is 0.143. The van der Waals surface area contributed by atoms with Crippen molar-refractivity contribution in [2.45, 2.75) is 9.79 Å². The van der Waals surface area contributed by atoms with E-state index >= 15 is 0 Å². The number of nitrogens with two attached hydrogens (primary N) is 1. The van der Waals surface area contributed by atoms with Gasteiger partial charge in [0.2, 0.25) is 20.0 Å². The van der Waals surface area contributed by atoms with E-state index in [1.807, 2.05) is 0 Å². The molecule has 1 heterocycles. The van der Waals surface area contributed by atoms with Crippen LogP contribution in [0.3, 0.4) is 0 Å². The minimum absolute atomic E-state index is 0. The summed E-state index contributed by atoms with van der Waals surface area (Å²) in [7, 11) is -7.80. The van der Waals surface area contributed by atoms with Gasteiger partial charge in [-0.15, -0.1) is 0 Å². The molecule has 98 valence electrons. The first kappa shape index (κ1) is 16.4. The molecule has 0 saturated carbocycles. The Morgan fingerprint density at radius 3 is 2.50 bits per heavy atom. The minimum atomic E-state index is -4.07. The van der Waals surface area contributed by atoms with Crippen LogP contribution in [0.2, 0.25) is 5.02 Å². The van der Waals surface area contributed by atoms with Crippen molar-refractivity contribution in [2.24, 2.45) is 5.14 Å². The maximum atomic E-state index is 11.6. The average Bonchev–Trinajstić information content (AvgIpc) is 2.13. The molecule has 4 N–H and O–H groups in total. The molecule has 0 unspecified atom stereocenters. The number of fused-ring (bicyclic) bond motifs is 1. The van der Waals surface area contributed by atoms with Gasteiger partial charge in [0.25, 0.3) is 0 Å². The summed E-state index contributed by atoms with van der Waals surface area (Å²) in [4.78, 5) is -0.621. The summed E-state index contributed by atoms with van der Waals surface area (Å²) in [5.74, 6) is 0. The Bertz CT molecular complexity index is 689. The fourth-order valence-corrected chi connectivity index (χ4v) is 3.70. The van der Waals surface area contributed by atoms with Gasteiger partial charge in [-0.2, -0.15) is 4.72 Å². The fourth-order valence-electron chi connectivity index (χ4n) is 1.42. The molecule has 0 bridgehead atoms. The molecular weight excluding hydrogens is 330 g/mol. The number of hydrogen-bond donors (Lipinski definition) is 3. The zero-order valence-electron chi connectivity index (χ0n) is 8.27. The van der Waals surface area contributed by atoms with Gasteiger partial charge in [0, 0.05) is 0 Å². The molecule has 0 spiro atoms. The number of primary sulfonamides is 1. The number of hydrogen-bond acceptors (Lipinski definition) is 5. The number of rotatable bonds is 1. The van der Waals surface area contributed by atoms with Crippen LogP contribution in [0, 0.1) is 0 Å². The van der Waals surface area contributed by atoms with Crippen molar-refractivity contribution in [1.82, 2.24) is 4.72 Å². The molecule has 1 aliphatic heterocycles. The molecule has 1 aromatic carbocycles. The third-order valence-corrected chi connectivity index (χ3v) is 4.99. The number of sulfonamides is 2. The molecular formula is C7H10CaClN3O4S2. The average molecular weight is 340 g/mol. The van der Waals surface area contributed by atoms with Crippen LogP contribution in [-0.4, -0.2) is 61.2 Å². The van der Waals surface area contributed by atoms with Gasteiger partial charge >= 0.3 is 37.7 Å². The van der Waals surface area contributed by atoms with Crippen LogP contribution in [0.1, 0.15) is 0 Å². The molecule has 0 aromatic heterocycles. The summed E-state index contributed by atoms with van der Waals surface area (Å²) in [6, 6.07) is 2.15. The SMILES string of the molecule is NS(=O)(=O)c1cc2c(cc1Cl)NCNS2(=O)=O.[CaH2]. The summed E-state index contributed by atoms with van der Waals surface area (Å²) in [5, 5.41) is 7.53. The van der Waals surface area contributed by atoms with Crippen molar-refractivity contribution >= 4 is 75.1 Å². The van der Waals surface area contributed by atoms with Crippen molar-refractivity contribution < 1.29 is 16.8 Å². The molecule has 2 rings (SSSR count). The first-order valence-corrected chi connectivity index (χ1v) is 7.72. The number of nitrogens with one attached hydrogen (secondary N) is 2. The van der Waals surface area contributed by atoms with E-state index in [2.05, 4.69) is 10.0 Å². The first-order chi connectivity index (χ1) is 7.72. The number of halogens is 1. The molecule has 1 aliphatic rings. The molecule has 0 fully saturated rings. The number of benzene rings is 1. The molecule has 0 radical (unpaired) electrons. The predicted octanol–water partition coefficient (Wildman–Crippen LogP) is -1.27. The van der Waals surface area contributed by atoms with Crippen LogP contribution >= 0.6 is 11.6 Å². The second kappa shape index (κ2) is 5.41. The van der Waals surface area contributed by atoms with Crippen molar-refractivity contribution in [1.29, 1.82) is 0 Å². The van der Waals surface area contributed by atoms with E-state index in [0.717, 1.165) is 6.07 Å². The zero-order chi connectivity index (χ0) is 12.8. The molecule has 1 aromatic rings. The van der Waals surface area contributed by atoms with Crippen molar-refractivity contribution in [2.75, 3.05) is 12.0 Å². The third-order valence-electron chi connectivity index (χ3n) is 2.17. The van der Waals surface area contributed by atoms with Crippen molar-refractivity contribution in [3.63, 3.8) is 0 Å². The Kier molecular flexibility index (Phi) is 4.94. The van der Waals surface area contributed by atoms with Crippen LogP contribution in [0.15, 0.2) is 21.9 Å². The summed E-state index contributed by atoms with van der Waals surface area (Å²) in [6.07, 6.45) is 0. The topological polar surface area (TPSA) is 118 Å². The van der Waals surface area contributed by atoms with Crippen LogP contribution in [0.4, 0.5) is 5.69 Å². The van der Waals surface area contributed by atoms with E-state index < -0.39 is 24.9 Å². The van der Waals surface area contributed by atoms with E-state index in [9.17, 15) is 16.8 Å². The maximum absolute atomic E-state index is 11.6. The van der Waals surface area contributed by atoms with E-state index in [0.29, 0.717) is 0 Å². The normalized spacial score (nSPS) is 17.2. The summed E-state index contributed by atoms with van der Waals surface area (Å²) in [6.45, 7) is 0.0143. The Labute approximate surface area is 139 Å². The summed E-state index contributed by atoms with van der Waals surface area (Å²) >= 11 is 5.72. The van der Waals surface area contributed by atoms with E-state index in [4.69, 9.17) is 16.7 Å². The Balaban J connectivity index is 0.00000162. The molecule has 0 saturated heterocycles. The monoisotopic (exact) mass is 339 g/mol. The van der Waals surface area contributed by atoms with Crippen molar-refractivity contribution in [3.05, 3.63) is 17.2 Å². The predicted molar refractivity (Wildman–Crippen MR) is 70.2 cm³/mol. The van der Waals surface area contributed by atoms with Gasteiger partial charge in [0.05, 0.1) is 17.4 Å². The van der Waals surface area contributed by atoms with Crippen molar-refractivity contribution in [3.8, 4) is 0 Å². The Morgan fingerprint density at radius 2 is 1.94 bits per heavy atom. The quantitative estimate of drug-likeness (QED) is 0.551. The van der Waals surface area contributed by atoms with Crippen LogP contribution < -0.4 is 15.2 Å². The number of anilines is 1. The van der Waals surface area contributed by atoms with Gasteiger partial charge in [-0.25, -0.2) is 22.0 Å². The van der Waals surface area contributed by atoms with E-state index in [1.54, 1.807) is 0 Å². The molecule has 0 amide bonds. The van der Waals surface area contributed by atoms with Gasteiger partial charge in [0.15, 0.2) is 0 Å².